The standard InChI is InChI=1S/C8H13N5O2S/c1-15-7(14)6(9)4-16-8-10-11-12-13(8)5-2-3-5/h5-6H,2-4,9H2,1H3. The Morgan fingerprint density at radius 2 is 2.50 bits per heavy atom. The number of nitrogens with zero attached hydrogens (tertiary/aromatic N) is 4. The number of aromatic nitrogens is 4. The average Bonchev–Trinajstić information content (AvgIpc) is 3.04. The number of methoxy groups -OCH3 is 1. The van der Waals surface area contributed by atoms with Gasteiger partial charge in [-0.15, -0.1) is 5.10 Å². The van der Waals surface area contributed by atoms with Crippen LogP contribution in [0, 0.1) is 0 Å². The van der Waals surface area contributed by atoms with Crippen LogP contribution < -0.4 is 5.73 Å². The maximum Gasteiger partial charge on any atom is 0.323 e. The van der Waals surface area contributed by atoms with E-state index >= 15 is 0 Å². The fourth-order valence-corrected chi connectivity index (χ4v) is 2.09. The van der Waals surface area contributed by atoms with E-state index in [1.54, 1.807) is 4.68 Å². The minimum Gasteiger partial charge on any atom is -0.468 e. The number of ether oxygens (including phenoxy) is 1. The van der Waals surface area contributed by atoms with Gasteiger partial charge in [0.15, 0.2) is 0 Å². The van der Waals surface area contributed by atoms with Crippen LogP contribution in [0.25, 0.3) is 0 Å². The van der Waals surface area contributed by atoms with E-state index in [0.717, 1.165) is 12.8 Å². The van der Waals surface area contributed by atoms with Crippen molar-refractivity contribution in [1.82, 2.24) is 20.2 Å². The largest absolute Gasteiger partial charge is 0.468 e. The Hall–Kier alpha value is -1.15. The van der Waals surface area contributed by atoms with Crippen molar-refractivity contribution in [2.24, 2.45) is 5.73 Å². The summed E-state index contributed by atoms with van der Waals surface area (Å²) in [4.78, 5) is 11.1. The molecule has 1 aromatic rings. The first-order chi connectivity index (χ1) is 7.72. The minimum absolute atomic E-state index is 0.416. The summed E-state index contributed by atoms with van der Waals surface area (Å²) in [7, 11) is 1.32. The highest BCUT2D eigenvalue weighted by molar-refractivity contribution is 7.99. The van der Waals surface area contributed by atoms with Gasteiger partial charge in [0, 0.05) is 5.75 Å². The highest BCUT2D eigenvalue weighted by Gasteiger charge is 2.28. The number of tetrazole rings is 1. The highest BCUT2D eigenvalue weighted by Crippen LogP contribution is 2.36. The molecule has 0 aromatic carbocycles. The molecule has 0 radical (unpaired) electrons. The topological polar surface area (TPSA) is 95.9 Å². The highest BCUT2D eigenvalue weighted by atomic mass is 32.2. The van der Waals surface area contributed by atoms with E-state index in [1.165, 1.54) is 18.9 Å². The van der Waals surface area contributed by atoms with Crippen LogP contribution >= 0.6 is 11.8 Å². The summed E-state index contributed by atoms with van der Waals surface area (Å²) in [6.07, 6.45) is 2.23. The normalized spacial score (nSPS) is 17.1. The van der Waals surface area contributed by atoms with Crippen molar-refractivity contribution in [3.8, 4) is 0 Å². The Balaban J connectivity index is 1.89. The Labute approximate surface area is 96.7 Å². The molecule has 1 aliphatic rings. The zero-order chi connectivity index (χ0) is 11.5. The number of carbonyl (C=O) groups excluding carboxylic acids is 1. The zero-order valence-electron chi connectivity index (χ0n) is 8.87. The molecule has 1 atom stereocenters. The van der Waals surface area contributed by atoms with E-state index < -0.39 is 12.0 Å². The van der Waals surface area contributed by atoms with E-state index in [4.69, 9.17) is 5.73 Å². The molecule has 1 unspecified atom stereocenters. The van der Waals surface area contributed by atoms with Crippen LogP contribution in [-0.2, 0) is 9.53 Å². The number of rotatable bonds is 5. The number of hydrogen-bond donors (Lipinski definition) is 1. The first-order valence-corrected chi connectivity index (χ1v) is 5.95. The lowest BCUT2D eigenvalue weighted by molar-refractivity contribution is -0.141. The molecule has 1 aromatic heterocycles. The van der Waals surface area contributed by atoms with Gasteiger partial charge in [0.05, 0.1) is 13.2 Å². The smallest absolute Gasteiger partial charge is 0.323 e. The molecule has 0 saturated heterocycles. The van der Waals surface area contributed by atoms with Crippen molar-refractivity contribution in [2.45, 2.75) is 30.1 Å². The third-order valence-electron chi connectivity index (χ3n) is 2.25. The van der Waals surface area contributed by atoms with Gasteiger partial charge in [-0.05, 0) is 23.3 Å². The monoisotopic (exact) mass is 243 g/mol. The molecule has 7 nitrogen and oxygen atoms in total. The van der Waals surface area contributed by atoms with Crippen molar-refractivity contribution < 1.29 is 9.53 Å². The fourth-order valence-electron chi connectivity index (χ4n) is 1.21. The van der Waals surface area contributed by atoms with Gasteiger partial charge >= 0.3 is 5.97 Å². The minimum atomic E-state index is -0.639. The van der Waals surface area contributed by atoms with Gasteiger partial charge in [0.25, 0.3) is 0 Å². The van der Waals surface area contributed by atoms with Gasteiger partial charge in [-0.25, -0.2) is 4.68 Å². The molecule has 1 heterocycles. The zero-order valence-corrected chi connectivity index (χ0v) is 9.68. The maximum atomic E-state index is 11.1. The predicted molar refractivity (Wildman–Crippen MR) is 56.8 cm³/mol. The molecule has 1 aliphatic carbocycles. The molecule has 0 bridgehead atoms. The lowest BCUT2D eigenvalue weighted by Gasteiger charge is -2.07. The maximum absolute atomic E-state index is 11.1. The fraction of sp³-hybridized carbons (Fsp3) is 0.750. The van der Waals surface area contributed by atoms with Gasteiger partial charge in [0.2, 0.25) is 5.16 Å². The predicted octanol–water partition coefficient (Wildman–Crippen LogP) is -0.400. The van der Waals surface area contributed by atoms with Crippen LogP contribution in [-0.4, -0.2) is 45.1 Å². The number of thioether (sulfide) groups is 1. The molecule has 88 valence electrons. The quantitative estimate of drug-likeness (QED) is 0.555. The average molecular weight is 243 g/mol. The summed E-state index contributed by atoms with van der Waals surface area (Å²) in [5.41, 5.74) is 5.61. The summed E-state index contributed by atoms with van der Waals surface area (Å²) in [5.74, 6) is -0.00213. The van der Waals surface area contributed by atoms with Crippen LogP contribution in [0.5, 0.6) is 0 Å². The Kier molecular flexibility index (Phi) is 3.39. The second kappa shape index (κ2) is 4.79. The van der Waals surface area contributed by atoms with E-state index in [9.17, 15) is 4.79 Å². The Morgan fingerprint density at radius 1 is 1.75 bits per heavy atom. The van der Waals surface area contributed by atoms with Crippen LogP contribution in [0.3, 0.4) is 0 Å². The molecule has 0 amide bonds. The van der Waals surface area contributed by atoms with Crippen LogP contribution in [0.1, 0.15) is 18.9 Å². The van der Waals surface area contributed by atoms with Crippen molar-refractivity contribution in [1.29, 1.82) is 0 Å². The molecule has 1 fully saturated rings. The molecule has 16 heavy (non-hydrogen) atoms. The van der Waals surface area contributed by atoms with E-state index in [-0.39, 0.29) is 0 Å². The van der Waals surface area contributed by atoms with E-state index in [1.807, 2.05) is 0 Å². The van der Waals surface area contributed by atoms with Crippen molar-refractivity contribution in [2.75, 3.05) is 12.9 Å². The first kappa shape index (κ1) is 11.3. The van der Waals surface area contributed by atoms with Crippen LogP contribution in [0.15, 0.2) is 5.16 Å². The number of hydrogen-bond acceptors (Lipinski definition) is 7. The van der Waals surface area contributed by atoms with Gasteiger partial charge in [-0.3, -0.25) is 4.79 Å². The summed E-state index contributed by atoms with van der Waals surface area (Å²) in [5, 5.41) is 12.1. The summed E-state index contributed by atoms with van der Waals surface area (Å²) in [6.45, 7) is 0. The molecule has 2 rings (SSSR count). The molecule has 0 aliphatic heterocycles. The molecule has 1 saturated carbocycles. The van der Waals surface area contributed by atoms with Gasteiger partial charge in [-0.1, -0.05) is 11.8 Å². The van der Waals surface area contributed by atoms with Crippen molar-refractivity contribution >= 4 is 17.7 Å². The molecular weight excluding hydrogens is 230 g/mol. The van der Waals surface area contributed by atoms with E-state index in [2.05, 4.69) is 20.3 Å². The molecule has 2 N–H and O–H groups in total. The molecular formula is C8H13N5O2S. The third kappa shape index (κ3) is 2.50. The van der Waals surface area contributed by atoms with E-state index in [0.29, 0.717) is 17.0 Å². The SMILES string of the molecule is COC(=O)C(N)CSc1nnnn1C1CC1. The Morgan fingerprint density at radius 3 is 3.12 bits per heavy atom. The summed E-state index contributed by atoms with van der Waals surface area (Å²) < 4.78 is 6.32. The first-order valence-electron chi connectivity index (χ1n) is 4.96. The second-order valence-corrected chi connectivity index (χ2v) is 4.57. The number of nitrogens with two attached hydrogens (primary N) is 1. The summed E-state index contributed by atoms with van der Waals surface area (Å²) in [6, 6.07) is -0.216. The number of carbonyl (C=O) groups is 1. The van der Waals surface area contributed by atoms with Crippen molar-refractivity contribution in [3.05, 3.63) is 0 Å². The third-order valence-corrected chi connectivity index (χ3v) is 3.30. The van der Waals surface area contributed by atoms with Crippen molar-refractivity contribution in [3.63, 3.8) is 0 Å². The number of esters is 1. The van der Waals surface area contributed by atoms with Crippen LogP contribution in [0.4, 0.5) is 0 Å². The lowest BCUT2D eigenvalue weighted by atomic mass is 10.4. The Bertz CT molecular complexity index is 378. The van der Waals surface area contributed by atoms with Gasteiger partial charge < -0.3 is 10.5 Å². The lowest BCUT2D eigenvalue weighted by Crippen LogP contribution is -2.33. The van der Waals surface area contributed by atoms with Gasteiger partial charge in [0.1, 0.15) is 6.04 Å². The summed E-state index contributed by atoms with van der Waals surface area (Å²) >= 11 is 1.37. The molecule has 8 heteroatoms. The second-order valence-electron chi connectivity index (χ2n) is 3.58. The van der Waals surface area contributed by atoms with Gasteiger partial charge in [-0.2, -0.15) is 0 Å². The van der Waals surface area contributed by atoms with Crippen LogP contribution in [0.2, 0.25) is 0 Å². The molecule has 0 spiro atoms.